The van der Waals surface area contributed by atoms with E-state index < -0.39 is 4.92 Å². The molecule has 2 aromatic heterocycles. The lowest BCUT2D eigenvalue weighted by molar-refractivity contribution is -0.384. The van der Waals surface area contributed by atoms with Gasteiger partial charge in [0.15, 0.2) is 0 Å². The number of pyridine rings is 1. The fraction of sp³-hybridized carbons (Fsp3) is 0.263. The maximum atomic E-state index is 11.1. The van der Waals surface area contributed by atoms with E-state index in [9.17, 15) is 10.1 Å². The smallest absolute Gasteiger partial charge is 0.270 e. The van der Waals surface area contributed by atoms with Gasteiger partial charge in [0.05, 0.1) is 16.7 Å². The fourth-order valence-electron chi connectivity index (χ4n) is 3.20. The van der Waals surface area contributed by atoms with Gasteiger partial charge in [0, 0.05) is 50.1 Å². The van der Waals surface area contributed by atoms with Gasteiger partial charge in [-0.25, -0.2) is 15.5 Å². The van der Waals surface area contributed by atoms with E-state index in [4.69, 9.17) is 0 Å². The van der Waals surface area contributed by atoms with Gasteiger partial charge in [-0.3, -0.25) is 14.5 Å². The van der Waals surface area contributed by atoms with Crippen LogP contribution in [0.2, 0.25) is 0 Å². The molecule has 0 spiro atoms. The third-order valence-electron chi connectivity index (χ3n) is 4.78. The molecule has 3 heterocycles. The zero-order valence-corrected chi connectivity index (χ0v) is 15.5. The van der Waals surface area contributed by atoms with Crippen LogP contribution in [0.5, 0.6) is 0 Å². The van der Waals surface area contributed by atoms with Crippen LogP contribution in [0.3, 0.4) is 0 Å². The number of hydrogen-bond donors (Lipinski definition) is 1. The van der Waals surface area contributed by atoms with Crippen molar-refractivity contribution in [1.29, 1.82) is 0 Å². The summed E-state index contributed by atoms with van der Waals surface area (Å²) in [4.78, 5) is 17.7. The topological polar surface area (TPSA) is 91.3 Å². The molecule has 28 heavy (non-hydrogen) atoms. The number of likely N-dealkylation sites (N-methyl/N-ethyl adjacent to an activating group) is 1. The molecule has 0 saturated carbocycles. The highest BCUT2D eigenvalue weighted by atomic mass is 16.6. The molecule has 0 radical (unpaired) electrons. The number of imidazole rings is 1. The average Bonchev–Trinajstić information content (AvgIpc) is 3.08. The Balaban J connectivity index is 1.62. The van der Waals surface area contributed by atoms with Crippen molar-refractivity contribution in [2.24, 2.45) is 5.10 Å². The summed E-state index contributed by atoms with van der Waals surface area (Å²) >= 11 is 0. The number of hydrazone groups is 1. The van der Waals surface area contributed by atoms with E-state index in [2.05, 4.69) is 32.6 Å². The fourth-order valence-corrected chi connectivity index (χ4v) is 3.20. The zero-order valence-electron chi connectivity index (χ0n) is 15.5. The lowest BCUT2D eigenvalue weighted by atomic mass is 10.2. The van der Waals surface area contributed by atoms with Crippen LogP contribution in [-0.2, 0) is 0 Å². The molecule has 0 aliphatic carbocycles. The Kier molecular flexibility index (Phi) is 5.00. The SMILES string of the molecule is CN1CCN(N/N=C/c2nc(-c3cccc([N+](=O)[O-])c3)n3ccccc23)CC1. The van der Waals surface area contributed by atoms with Gasteiger partial charge in [-0.1, -0.05) is 18.2 Å². The number of nitrogens with one attached hydrogen (secondary N) is 1. The van der Waals surface area contributed by atoms with Crippen molar-refractivity contribution in [2.75, 3.05) is 33.2 Å². The molecule has 1 saturated heterocycles. The molecule has 1 aliphatic rings. The molecular formula is C19H21N7O2. The second-order valence-electron chi connectivity index (χ2n) is 6.73. The lowest BCUT2D eigenvalue weighted by Crippen LogP contribution is -2.49. The number of benzene rings is 1. The Labute approximate surface area is 162 Å². The van der Waals surface area contributed by atoms with Gasteiger partial charge < -0.3 is 4.90 Å². The number of nitro benzene ring substituents is 1. The molecule has 0 bridgehead atoms. The number of hydrazine groups is 1. The molecule has 4 rings (SSSR count). The van der Waals surface area contributed by atoms with Crippen molar-refractivity contribution in [1.82, 2.24) is 24.8 Å². The Bertz CT molecular complexity index is 1020. The highest BCUT2D eigenvalue weighted by Gasteiger charge is 2.15. The molecule has 0 amide bonds. The summed E-state index contributed by atoms with van der Waals surface area (Å²) in [5.74, 6) is 0.639. The van der Waals surface area contributed by atoms with Crippen LogP contribution in [0, 0.1) is 10.1 Å². The number of piperazine rings is 1. The van der Waals surface area contributed by atoms with E-state index >= 15 is 0 Å². The summed E-state index contributed by atoms with van der Waals surface area (Å²) in [6.45, 7) is 3.78. The first-order valence-corrected chi connectivity index (χ1v) is 9.06. The van der Waals surface area contributed by atoms with E-state index in [1.54, 1.807) is 12.3 Å². The van der Waals surface area contributed by atoms with Crippen LogP contribution < -0.4 is 5.53 Å². The molecule has 144 valence electrons. The highest BCUT2D eigenvalue weighted by molar-refractivity contribution is 5.89. The van der Waals surface area contributed by atoms with Crippen LogP contribution in [0.1, 0.15) is 5.69 Å². The molecule has 9 nitrogen and oxygen atoms in total. The predicted octanol–water partition coefficient (Wildman–Crippen LogP) is 2.00. The van der Waals surface area contributed by atoms with E-state index in [1.807, 2.05) is 34.9 Å². The van der Waals surface area contributed by atoms with Crippen molar-refractivity contribution >= 4 is 17.4 Å². The van der Waals surface area contributed by atoms with Gasteiger partial charge in [0.2, 0.25) is 0 Å². The number of aromatic nitrogens is 2. The number of nitrogens with zero attached hydrogens (tertiary/aromatic N) is 6. The second-order valence-corrected chi connectivity index (χ2v) is 6.73. The molecule has 1 aliphatic heterocycles. The van der Waals surface area contributed by atoms with Crippen LogP contribution in [-0.4, -0.2) is 63.7 Å². The first-order chi connectivity index (χ1) is 13.6. The highest BCUT2D eigenvalue weighted by Crippen LogP contribution is 2.25. The number of nitro groups is 1. The van der Waals surface area contributed by atoms with E-state index in [0.717, 1.165) is 31.7 Å². The Morgan fingerprint density at radius 2 is 2.00 bits per heavy atom. The van der Waals surface area contributed by atoms with Crippen LogP contribution in [0.4, 0.5) is 5.69 Å². The maximum absolute atomic E-state index is 11.1. The molecule has 3 aromatic rings. The van der Waals surface area contributed by atoms with E-state index in [1.165, 1.54) is 12.1 Å². The average molecular weight is 379 g/mol. The number of rotatable bonds is 5. The van der Waals surface area contributed by atoms with Crippen LogP contribution in [0.25, 0.3) is 16.9 Å². The molecule has 9 heteroatoms. The van der Waals surface area contributed by atoms with Crippen molar-refractivity contribution in [3.63, 3.8) is 0 Å². The summed E-state index contributed by atoms with van der Waals surface area (Å²) in [6, 6.07) is 12.3. The summed E-state index contributed by atoms with van der Waals surface area (Å²) in [7, 11) is 2.10. The predicted molar refractivity (Wildman–Crippen MR) is 107 cm³/mol. The van der Waals surface area contributed by atoms with Gasteiger partial charge in [-0.2, -0.15) is 5.10 Å². The number of fused-ring (bicyclic) bond motifs is 1. The molecule has 1 N–H and O–H groups in total. The Hall–Kier alpha value is -3.30. The first-order valence-electron chi connectivity index (χ1n) is 9.06. The van der Waals surface area contributed by atoms with Crippen LogP contribution in [0.15, 0.2) is 53.8 Å². The van der Waals surface area contributed by atoms with Crippen molar-refractivity contribution < 1.29 is 4.92 Å². The minimum atomic E-state index is -0.401. The molecule has 0 unspecified atom stereocenters. The van der Waals surface area contributed by atoms with Crippen molar-refractivity contribution in [3.05, 3.63) is 64.5 Å². The largest absolute Gasteiger partial charge is 0.304 e. The van der Waals surface area contributed by atoms with Gasteiger partial charge in [-0.15, -0.1) is 0 Å². The molecule has 1 fully saturated rings. The van der Waals surface area contributed by atoms with Gasteiger partial charge in [0.1, 0.15) is 11.5 Å². The summed E-state index contributed by atoms with van der Waals surface area (Å²) in [5.41, 5.74) is 5.37. The first kappa shape index (κ1) is 18.1. The monoisotopic (exact) mass is 379 g/mol. The standard InChI is InChI=1S/C19H21N7O2/c1-23-9-11-24(12-10-23)22-20-14-17-18-7-2-3-8-25(18)19(21-17)15-5-4-6-16(13-15)26(27)28/h2-8,13-14,22H,9-12H2,1H3/b20-14+. The van der Waals surface area contributed by atoms with Gasteiger partial charge >= 0.3 is 0 Å². The van der Waals surface area contributed by atoms with Crippen LogP contribution >= 0.6 is 0 Å². The molecule has 1 aromatic carbocycles. The minimum Gasteiger partial charge on any atom is -0.304 e. The summed E-state index contributed by atoms with van der Waals surface area (Å²) in [6.07, 6.45) is 3.58. The van der Waals surface area contributed by atoms with E-state index in [-0.39, 0.29) is 5.69 Å². The minimum absolute atomic E-state index is 0.0390. The number of hydrogen-bond acceptors (Lipinski definition) is 7. The maximum Gasteiger partial charge on any atom is 0.270 e. The van der Waals surface area contributed by atoms with E-state index in [0.29, 0.717) is 17.1 Å². The zero-order chi connectivity index (χ0) is 19.5. The van der Waals surface area contributed by atoms with Crippen molar-refractivity contribution in [2.45, 2.75) is 0 Å². The molecule has 0 atom stereocenters. The molecular weight excluding hydrogens is 358 g/mol. The lowest BCUT2D eigenvalue weighted by Gasteiger charge is -2.31. The normalized spacial score (nSPS) is 16.0. The van der Waals surface area contributed by atoms with Gasteiger partial charge in [0.25, 0.3) is 5.69 Å². The quantitative estimate of drug-likeness (QED) is 0.414. The van der Waals surface area contributed by atoms with Gasteiger partial charge in [-0.05, 0) is 19.2 Å². The third-order valence-corrected chi connectivity index (χ3v) is 4.78. The Morgan fingerprint density at radius 3 is 2.79 bits per heavy atom. The third kappa shape index (κ3) is 3.71. The van der Waals surface area contributed by atoms with Crippen molar-refractivity contribution in [3.8, 4) is 11.4 Å². The number of non-ortho nitro benzene ring substituents is 1. The Morgan fingerprint density at radius 1 is 1.18 bits per heavy atom. The summed E-state index contributed by atoms with van der Waals surface area (Å²) < 4.78 is 1.91. The second kappa shape index (κ2) is 7.75. The summed E-state index contributed by atoms with van der Waals surface area (Å²) in [5, 5.41) is 17.5.